The van der Waals surface area contributed by atoms with Gasteiger partial charge in [0, 0.05) is 17.0 Å². The molecule has 0 spiro atoms. The van der Waals surface area contributed by atoms with Gasteiger partial charge in [-0.05, 0) is 23.6 Å². The monoisotopic (exact) mass is 223 g/mol. The summed E-state index contributed by atoms with van der Waals surface area (Å²) in [6.07, 6.45) is 0. The van der Waals surface area contributed by atoms with Crippen molar-refractivity contribution in [3.63, 3.8) is 0 Å². The molecule has 82 valence electrons. The second-order valence-corrected chi connectivity index (χ2v) is 5.31. The molecule has 0 aliphatic carbocycles. The minimum absolute atomic E-state index is 0.0409. The van der Waals surface area contributed by atoms with Crippen LogP contribution in [0.1, 0.15) is 31.1 Å². The molecule has 3 heteroatoms. The molecule has 2 nitrogen and oxygen atoms in total. The third-order valence-corrected chi connectivity index (χ3v) is 2.17. The quantitative estimate of drug-likeness (QED) is 0.742. The lowest BCUT2D eigenvalue weighted by Gasteiger charge is -2.18. The number of thiol groups is 1. The number of carbonyl (C=O) groups is 1. The first kappa shape index (κ1) is 12.1. The van der Waals surface area contributed by atoms with E-state index in [1.165, 1.54) is 0 Å². The van der Waals surface area contributed by atoms with Crippen LogP contribution in [0.5, 0.6) is 0 Å². The Bertz CT molecular complexity index is 355. The number of rotatable bonds is 2. The van der Waals surface area contributed by atoms with Crippen molar-refractivity contribution in [1.82, 2.24) is 5.32 Å². The van der Waals surface area contributed by atoms with Gasteiger partial charge in [0.15, 0.2) is 0 Å². The Balaban J connectivity index is 2.62. The first-order chi connectivity index (χ1) is 6.88. The van der Waals surface area contributed by atoms with Crippen molar-refractivity contribution in [2.45, 2.75) is 25.7 Å². The van der Waals surface area contributed by atoms with Crippen LogP contribution in [0, 0.1) is 5.41 Å². The fraction of sp³-hybridized carbons (Fsp3) is 0.417. The molecular formula is C12H17NOS. The average molecular weight is 223 g/mol. The van der Waals surface area contributed by atoms with Crippen molar-refractivity contribution in [2.24, 2.45) is 5.41 Å². The average Bonchev–Trinajstić information content (AvgIpc) is 2.13. The lowest BCUT2D eigenvalue weighted by molar-refractivity contribution is 0.0939. The van der Waals surface area contributed by atoms with Crippen LogP contribution in [-0.2, 0) is 0 Å². The predicted octanol–water partition coefficient (Wildman–Crippen LogP) is 2.75. The number of benzene rings is 1. The van der Waals surface area contributed by atoms with Crippen molar-refractivity contribution in [3.05, 3.63) is 29.8 Å². The van der Waals surface area contributed by atoms with Gasteiger partial charge in [0.25, 0.3) is 5.91 Å². The Morgan fingerprint density at radius 1 is 1.40 bits per heavy atom. The van der Waals surface area contributed by atoms with E-state index in [4.69, 9.17) is 0 Å². The van der Waals surface area contributed by atoms with Crippen molar-refractivity contribution in [1.29, 1.82) is 0 Å². The fourth-order valence-corrected chi connectivity index (χ4v) is 1.32. The van der Waals surface area contributed by atoms with Crippen LogP contribution in [0.2, 0.25) is 0 Å². The first-order valence-electron chi connectivity index (χ1n) is 4.96. The molecule has 1 aromatic rings. The van der Waals surface area contributed by atoms with E-state index < -0.39 is 0 Å². The second kappa shape index (κ2) is 4.71. The molecule has 0 fully saturated rings. The second-order valence-electron chi connectivity index (χ2n) is 4.79. The van der Waals surface area contributed by atoms with Gasteiger partial charge in [-0.25, -0.2) is 0 Å². The van der Waals surface area contributed by atoms with E-state index in [9.17, 15) is 4.79 Å². The largest absolute Gasteiger partial charge is 0.352 e. The number of carbonyl (C=O) groups excluding carboxylic acids is 1. The third kappa shape index (κ3) is 4.38. The number of hydrogen-bond acceptors (Lipinski definition) is 2. The molecule has 0 radical (unpaired) electrons. The first-order valence-corrected chi connectivity index (χ1v) is 5.40. The van der Waals surface area contributed by atoms with Crippen LogP contribution in [0.15, 0.2) is 29.2 Å². The lowest BCUT2D eigenvalue weighted by Crippen LogP contribution is -2.32. The van der Waals surface area contributed by atoms with Gasteiger partial charge in [-0.15, -0.1) is 12.6 Å². The Kier molecular flexibility index (Phi) is 3.80. The molecule has 1 N–H and O–H groups in total. The summed E-state index contributed by atoms with van der Waals surface area (Å²) in [6.45, 7) is 6.93. The zero-order valence-corrected chi connectivity index (χ0v) is 10.3. The number of amides is 1. The highest BCUT2D eigenvalue weighted by Crippen LogP contribution is 2.12. The van der Waals surface area contributed by atoms with E-state index in [1.54, 1.807) is 12.1 Å². The summed E-state index contributed by atoms with van der Waals surface area (Å²) < 4.78 is 0. The van der Waals surface area contributed by atoms with E-state index in [-0.39, 0.29) is 11.3 Å². The summed E-state index contributed by atoms with van der Waals surface area (Å²) in [7, 11) is 0. The summed E-state index contributed by atoms with van der Waals surface area (Å²) in [5.41, 5.74) is 0.764. The van der Waals surface area contributed by atoms with Gasteiger partial charge in [0.05, 0.1) is 0 Å². The SMILES string of the molecule is CC(C)(C)CNC(=O)c1cccc(S)c1. The molecule has 15 heavy (non-hydrogen) atoms. The molecule has 1 aromatic carbocycles. The van der Waals surface area contributed by atoms with E-state index in [0.717, 1.165) is 4.90 Å². The summed E-state index contributed by atoms with van der Waals surface area (Å²) in [5.74, 6) is -0.0409. The smallest absolute Gasteiger partial charge is 0.251 e. The zero-order chi connectivity index (χ0) is 11.5. The van der Waals surface area contributed by atoms with Crippen LogP contribution in [0.3, 0.4) is 0 Å². The van der Waals surface area contributed by atoms with Gasteiger partial charge < -0.3 is 5.32 Å². The zero-order valence-electron chi connectivity index (χ0n) is 9.37. The number of nitrogens with one attached hydrogen (secondary N) is 1. The molecule has 0 atom stereocenters. The van der Waals surface area contributed by atoms with Gasteiger partial charge in [-0.3, -0.25) is 4.79 Å². The highest BCUT2D eigenvalue weighted by atomic mass is 32.1. The lowest BCUT2D eigenvalue weighted by atomic mass is 9.97. The maximum Gasteiger partial charge on any atom is 0.251 e. The highest BCUT2D eigenvalue weighted by molar-refractivity contribution is 7.80. The van der Waals surface area contributed by atoms with Crippen molar-refractivity contribution >= 4 is 18.5 Å². The van der Waals surface area contributed by atoms with Crippen LogP contribution in [0.4, 0.5) is 0 Å². The van der Waals surface area contributed by atoms with Crippen molar-refractivity contribution < 1.29 is 4.79 Å². The standard InChI is InChI=1S/C12H17NOS/c1-12(2,3)8-13-11(14)9-5-4-6-10(15)7-9/h4-7,15H,8H2,1-3H3,(H,13,14). The van der Waals surface area contributed by atoms with Crippen molar-refractivity contribution in [2.75, 3.05) is 6.54 Å². The van der Waals surface area contributed by atoms with Crippen LogP contribution in [0.25, 0.3) is 0 Å². The van der Waals surface area contributed by atoms with E-state index >= 15 is 0 Å². The van der Waals surface area contributed by atoms with Crippen LogP contribution in [-0.4, -0.2) is 12.5 Å². The maximum atomic E-state index is 11.7. The van der Waals surface area contributed by atoms with Gasteiger partial charge in [-0.1, -0.05) is 26.8 Å². The van der Waals surface area contributed by atoms with E-state index in [2.05, 4.69) is 38.7 Å². The molecule has 1 amide bonds. The molecule has 0 heterocycles. The molecule has 0 aliphatic heterocycles. The molecule has 0 unspecified atom stereocenters. The topological polar surface area (TPSA) is 29.1 Å². The molecule has 0 saturated carbocycles. The summed E-state index contributed by atoms with van der Waals surface area (Å²) in [4.78, 5) is 12.5. The Labute approximate surface area is 96.5 Å². The Morgan fingerprint density at radius 2 is 2.07 bits per heavy atom. The summed E-state index contributed by atoms with van der Waals surface area (Å²) >= 11 is 4.19. The Hall–Kier alpha value is -0.960. The number of hydrogen-bond donors (Lipinski definition) is 2. The highest BCUT2D eigenvalue weighted by Gasteiger charge is 2.12. The van der Waals surface area contributed by atoms with Gasteiger partial charge in [0.1, 0.15) is 0 Å². The van der Waals surface area contributed by atoms with Gasteiger partial charge >= 0.3 is 0 Å². The fourth-order valence-electron chi connectivity index (χ4n) is 1.09. The van der Waals surface area contributed by atoms with E-state index in [0.29, 0.717) is 12.1 Å². The van der Waals surface area contributed by atoms with Crippen LogP contribution >= 0.6 is 12.6 Å². The third-order valence-electron chi connectivity index (χ3n) is 1.89. The van der Waals surface area contributed by atoms with E-state index in [1.807, 2.05) is 12.1 Å². The Morgan fingerprint density at radius 3 is 2.60 bits per heavy atom. The maximum absolute atomic E-state index is 11.7. The molecule has 0 aliphatic rings. The minimum atomic E-state index is -0.0409. The molecular weight excluding hydrogens is 206 g/mol. The molecule has 0 saturated heterocycles. The van der Waals surface area contributed by atoms with Gasteiger partial charge in [-0.2, -0.15) is 0 Å². The minimum Gasteiger partial charge on any atom is -0.352 e. The summed E-state index contributed by atoms with van der Waals surface area (Å²) in [6, 6.07) is 7.23. The molecule has 1 rings (SSSR count). The van der Waals surface area contributed by atoms with Crippen molar-refractivity contribution in [3.8, 4) is 0 Å². The normalized spacial score (nSPS) is 11.2. The predicted molar refractivity (Wildman–Crippen MR) is 65.5 cm³/mol. The van der Waals surface area contributed by atoms with Gasteiger partial charge in [0.2, 0.25) is 0 Å². The molecule has 0 aromatic heterocycles. The molecule has 0 bridgehead atoms. The van der Waals surface area contributed by atoms with Crippen LogP contribution < -0.4 is 5.32 Å². The summed E-state index contributed by atoms with van der Waals surface area (Å²) in [5, 5.41) is 2.89.